The minimum Gasteiger partial charge on any atom is -0.497 e. The summed E-state index contributed by atoms with van der Waals surface area (Å²) in [7, 11) is 1.67. The maximum atomic E-state index is 12.8. The van der Waals surface area contributed by atoms with Crippen LogP contribution in [-0.4, -0.2) is 50.2 Å². The number of ether oxygens (including phenoxy) is 2. The van der Waals surface area contributed by atoms with Gasteiger partial charge in [-0.2, -0.15) is 0 Å². The third-order valence-corrected chi connectivity index (χ3v) is 4.46. The molecule has 0 aromatic heterocycles. The fourth-order valence-corrected chi connectivity index (χ4v) is 3.12. The van der Waals surface area contributed by atoms with E-state index < -0.39 is 0 Å². The van der Waals surface area contributed by atoms with Crippen molar-refractivity contribution in [1.82, 2.24) is 4.90 Å². The average Bonchev–Trinajstić information content (AvgIpc) is 2.67. The highest BCUT2D eigenvalue weighted by molar-refractivity contribution is 5.94. The Labute approximate surface area is 155 Å². The van der Waals surface area contributed by atoms with Gasteiger partial charge in [0.2, 0.25) is 0 Å². The molecule has 0 saturated carbocycles. The SMILES string of the molecule is COc1ccc(N2CCN(C(=O)c3cccc(OC(C)C)c3)CC2)cc1. The van der Waals surface area contributed by atoms with Gasteiger partial charge in [-0.1, -0.05) is 6.07 Å². The van der Waals surface area contributed by atoms with E-state index >= 15 is 0 Å². The third-order valence-electron chi connectivity index (χ3n) is 4.46. The first kappa shape index (κ1) is 18.1. The van der Waals surface area contributed by atoms with Crippen LogP contribution in [0.4, 0.5) is 5.69 Å². The average molecular weight is 354 g/mol. The zero-order valence-electron chi connectivity index (χ0n) is 15.6. The summed E-state index contributed by atoms with van der Waals surface area (Å²) in [4.78, 5) is 17.0. The Balaban J connectivity index is 1.61. The van der Waals surface area contributed by atoms with Crippen molar-refractivity contribution in [3.8, 4) is 11.5 Å². The van der Waals surface area contributed by atoms with Crippen molar-refractivity contribution >= 4 is 11.6 Å². The molecule has 1 aliphatic rings. The number of carbonyl (C=O) groups excluding carboxylic acids is 1. The molecule has 2 aromatic carbocycles. The highest BCUT2D eigenvalue weighted by Crippen LogP contribution is 2.22. The van der Waals surface area contributed by atoms with E-state index in [-0.39, 0.29) is 12.0 Å². The van der Waals surface area contributed by atoms with Crippen molar-refractivity contribution < 1.29 is 14.3 Å². The van der Waals surface area contributed by atoms with Crippen LogP contribution in [0.25, 0.3) is 0 Å². The fraction of sp³-hybridized carbons (Fsp3) is 0.381. The van der Waals surface area contributed by atoms with E-state index in [1.54, 1.807) is 7.11 Å². The molecular formula is C21H26N2O3. The molecule has 26 heavy (non-hydrogen) atoms. The minimum atomic E-state index is 0.0635. The zero-order chi connectivity index (χ0) is 18.5. The van der Waals surface area contributed by atoms with Crippen LogP contribution in [0.1, 0.15) is 24.2 Å². The summed E-state index contributed by atoms with van der Waals surface area (Å²) < 4.78 is 10.9. The van der Waals surface area contributed by atoms with E-state index in [0.29, 0.717) is 18.7 Å². The van der Waals surface area contributed by atoms with Crippen molar-refractivity contribution in [2.75, 3.05) is 38.2 Å². The van der Waals surface area contributed by atoms with Crippen LogP contribution in [-0.2, 0) is 0 Å². The van der Waals surface area contributed by atoms with E-state index in [1.807, 2.05) is 55.1 Å². The van der Waals surface area contributed by atoms with Gasteiger partial charge in [-0.3, -0.25) is 4.79 Å². The molecule has 1 fully saturated rings. The molecule has 1 heterocycles. The largest absolute Gasteiger partial charge is 0.497 e. The van der Waals surface area contributed by atoms with Gasteiger partial charge < -0.3 is 19.3 Å². The molecule has 5 nitrogen and oxygen atoms in total. The van der Waals surface area contributed by atoms with Gasteiger partial charge in [0.1, 0.15) is 11.5 Å². The van der Waals surface area contributed by atoms with Crippen molar-refractivity contribution in [1.29, 1.82) is 0 Å². The second-order valence-corrected chi connectivity index (χ2v) is 6.67. The smallest absolute Gasteiger partial charge is 0.254 e. The molecular weight excluding hydrogens is 328 g/mol. The third kappa shape index (κ3) is 4.28. The van der Waals surface area contributed by atoms with Crippen LogP contribution in [0, 0.1) is 0 Å². The van der Waals surface area contributed by atoms with Crippen LogP contribution in [0.15, 0.2) is 48.5 Å². The maximum Gasteiger partial charge on any atom is 0.254 e. The molecule has 1 saturated heterocycles. The zero-order valence-corrected chi connectivity index (χ0v) is 15.6. The van der Waals surface area contributed by atoms with Gasteiger partial charge in [-0.25, -0.2) is 0 Å². The summed E-state index contributed by atoms with van der Waals surface area (Å²) in [6.07, 6.45) is 0.0911. The molecule has 5 heteroatoms. The van der Waals surface area contributed by atoms with Crippen LogP contribution < -0.4 is 14.4 Å². The summed E-state index contributed by atoms with van der Waals surface area (Å²) in [6.45, 7) is 7.01. The molecule has 0 radical (unpaired) electrons. The van der Waals surface area contributed by atoms with Crippen molar-refractivity contribution in [3.05, 3.63) is 54.1 Å². The van der Waals surface area contributed by atoms with Gasteiger partial charge in [-0.15, -0.1) is 0 Å². The normalized spacial score (nSPS) is 14.5. The Morgan fingerprint density at radius 2 is 1.65 bits per heavy atom. The minimum absolute atomic E-state index is 0.0635. The Bertz CT molecular complexity index is 735. The number of carbonyl (C=O) groups is 1. The first-order chi connectivity index (χ1) is 12.6. The van der Waals surface area contributed by atoms with Gasteiger partial charge in [0, 0.05) is 37.4 Å². The summed E-state index contributed by atoms with van der Waals surface area (Å²) >= 11 is 0. The van der Waals surface area contributed by atoms with Gasteiger partial charge in [0.25, 0.3) is 5.91 Å². The molecule has 3 rings (SSSR count). The molecule has 2 aromatic rings. The lowest BCUT2D eigenvalue weighted by molar-refractivity contribution is 0.0746. The number of anilines is 1. The topological polar surface area (TPSA) is 42.0 Å². The number of hydrogen-bond donors (Lipinski definition) is 0. The van der Waals surface area contributed by atoms with Crippen LogP contribution >= 0.6 is 0 Å². The monoisotopic (exact) mass is 354 g/mol. The Morgan fingerprint density at radius 1 is 0.962 bits per heavy atom. The van der Waals surface area contributed by atoms with Gasteiger partial charge in [0.05, 0.1) is 13.2 Å². The van der Waals surface area contributed by atoms with Crippen LogP contribution in [0.3, 0.4) is 0 Å². The van der Waals surface area contributed by atoms with Crippen molar-refractivity contribution in [3.63, 3.8) is 0 Å². The number of amides is 1. The van der Waals surface area contributed by atoms with Crippen molar-refractivity contribution in [2.45, 2.75) is 20.0 Å². The van der Waals surface area contributed by atoms with Gasteiger partial charge >= 0.3 is 0 Å². The summed E-state index contributed by atoms with van der Waals surface area (Å²) in [6, 6.07) is 15.5. The number of methoxy groups -OCH3 is 1. The second kappa shape index (κ2) is 8.13. The lowest BCUT2D eigenvalue weighted by Gasteiger charge is -2.36. The van der Waals surface area contributed by atoms with Crippen molar-refractivity contribution in [2.24, 2.45) is 0 Å². The highest BCUT2D eigenvalue weighted by atomic mass is 16.5. The molecule has 0 unspecified atom stereocenters. The van der Waals surface area contributed by atoms with E-state index in [1.165, 1.54) is 0 Å². The van der Waals surface area contributed by atoms with Crippen LogP contribution in [0.5, 0.6) is 11.5 Å². The molecule has 0 spiro atoms. The quantitative estimate of drug-likeness (QED) is 0.825. The molecule has 0 N–H and O–H groups in total. The fourth-order valence-electron chi connectivity index (χ4n) is 3.12. The number of piperazine rings is 1. The first-order valence-corrected chi connectivity index (χ1v) is 9.02. The van der Waals surface area contributed by atoms with E-state index in [4.69, 9.17) is 9.47 Å². The molecule has 1 amide bonds. The first-order valence-electron chi connectivity index (χ1n) is 9.02. The Morgan fingerprint density at radius 3 is 2.27 bits per heavy atom. The molecule has 0 bridgehead atoms. The molecule has 1 aliphatic heterocycles. The predicted molar refractivity (Wildman–Crippen MR) is 103 cm³/mol. The summed E-state index contributed by atoms with van der Waals surface area (Å²) in [5.41, 5.74) is 1.84. The summed E-state index contributed by atoms with van der Waals surface area (Å²) in [5.74, 6) is 1.65. The van der Waals surface area contributed by atoms with Gasteiger partial charge in [-0.05, 0) is 56.3 Å². The van der Waals surface area contributed by atoms with E-state index in [2.05, 4.69) is 17.0 Å². The maximum absolute atomic E-state index is 12.8. The number of nitrogens with zero attached hydrogens (tertiary/aromatic N) is 2. The Kier molecular flexibility index (Phi) is 5.66. The predicted octanol–water partition coefficient (Wildman–Crippen LogP) is 3.44. The second-order valence-electron chi connectivity index (χ2n) is 6.67. The molecule has 0 aliphatic carbocycles. The molecule has 138 valence electrons. The van der Waals surface area contributed by atoms with E-state index in [0.717, 1.165) is 30.3 Å². The number of benzene rings is 2. The lowest BCUT2D eigenvalue weighted by atomic mass is 10.1. The highest BCUT2D eigenvalue weighted by Gasteiger charge is 2.22. The van der Waals surface area contributed by atoms with E-state index in [9.17, 15) is 4.79 Å². The number of hydrogen-bond acceptors (Lipinski definition) is 4. The summed E-state index contributed by atoms with van der Waals surface area (Å²) in [5, 5.41) is 0. The van der Waals surface area contributed by atoms with Crippen LogP contribution in [0.2, 0.25) is 0 Å². The van der Waals surface area contributed by atoms with Gasteiger partial charge in [0.15, 0.2) is 0 Å². The standard InChI is InChI=1S/C21H26N2O3/c1-16(2)26-20-6-4-5-17(15-20)21(24)23-13-11-22(12-14-23)18-7-9-19(25-3)10-8-18/h4-10,15-16H,11-14H2,1-3H3. The Hall–Kier alpha value is -2.69. The lowest BCUT2D eigenvalue weighted by Crippen LogP contribution is -2.48. The molecule has 0 atom stereocenters. The number of rotatable bonds is 5.